The lowest BCUT2D eigenvalue weighted by Crippen LogP contribution is -2.50. The fourth-order valence-corrected chi connectivity index (χ4v) is 3.94. The van der Waals surface area contributed by atoms with Crippen molar-refractivity contribution in [1.29, 1.82) is 0 Å². The molecule has 170 valence electrons. The van der Waals surface area contributed by atoms with Gasteiger partial charge in [-0.1, -0.05) is 41.9 Å². The maximum atomic E-state index is 12.9. The summed E-state index contributed by atoms with van der Waals surface area (Å²) < 4.78 is 5.42. The van der Waals surface area contributed by atoms with Crippen LogP contribution in [0.2, 0.25) is 5.02 Å². The van der Waals surface area contributed by atoms with Crippen molar-refractivity contribution >= 4 is 34.9 Å². The van der Waals surface area contributed by atoms with Gasteiger partial charge in [0, 0.05) is 42.3 Å². The second-order valence-corrected chi connectivity index (χ2v) is 8.35. The van der Waals surface area contributed by atoms with E-state index >= 15 is 0 Å². The molecule has 0 bridgehead atoms. The minimum atomic E-state index is -0.235. The number of ketones is 1. The number of carbonyl (C=O) groups excluding carboxylic acids is 3. The molecule has 1 aliphatic heterocycles. The molecule has 33 heavy (non-hydrogen) atoms. The summed E-state index contributed by atoms with van der Waals surface area (Å²) in [5, 5.41) is 3.26. The average molecular weight is 466 g/mol. The van der Waals surface area contributed by atoms with Gasteiger partial charge in [-0.25, -0.2) is 0 Å². The van der Waals surface area contributed by atoms with Gasteiger partial charge in [-0.05, 0) is 37.3 Å². The highest BCUT2D eigenvalue weighted by Gasteiger charge is 2.25. The van der Waals surface area contributed by atoms with E-state index in [0.29, 0.717) is 59.5 Å². The summed E-state index contributed by atoms with van der Waals surface area (Å²) in [4.78, 5) is 41.9. The van der Waals surface area contributed by atoms with Crippen LogP contribution in [0.1, 0.15) is 32.2 Å². The molecule has 1 N–H and O–H groups in total. The maximum Gasteiger partial charge on any atom is 0.289 e. The van der Waals surface area contributed by atoms with Crippen LogP contribution in [0.25, 0.3) is 0 Å². The van der Waals surface area contributed by atoms with Crippen LogP contribution >= 0.6 is 11.6 Å². The molecular formula is C25H24ClN3O4. The molecule has 2 aromatic carbocycles. The lowest BCUT2D eigenvalue weighted by atomic mass is 10.0. The Morgan fingerprint density at radius 2 is 1.70 bits per heavy atom. The first-order valence-corrected chi connectivity index (χ1v) is 11.1. The summed E-state index contributed by atoms with van der Waals surface area (Å²) in [6.07, 6.45) is 0. The average Bonchev–Trinajstić information content (AvgIpc) is 3.26. The lowest BCUT2D eigenvalue weighted by Gasteiger charge is -2.33. The maximum absolute atomic E-state index is 12.9. The van der Waals surface area contributed by atoms with Crippen LogP contribution in [-0.4, -0.2) is 60.1 Å². The zero-order valence-electron chi connectivity index (χ0n) is 18.2. The fraction of sp³-hybridized carbons (Fsp3) is 0.240. The van der Waals surface area contributed by atoms with Gasteiger partial charge in [0.2, 0.25) is 5.91 Å². The third kappa shape index (κ3) is 5.50. The number of nitrogens with zero attached hydrogens (tertiary/aromatic N) is 2. The number of aryl methyl sites for hydroxylation is 1. The van der Waals surface area contributed by atoms with Crippen molar-refractivity contribution in [2.45, 2.75) is 6.92 Å². The molecule has 0 spiro atoms. The van der Waals surface area contributed by atoms with Crippen LogP contribution in [0.3, 0.4) is 0 Å². The van der Waals surface area contributed by atoms with Crippen LogP contribution in [0, 0.1) is 6.92 Å². The Hall–Kier alpha value is -3.42. The molecule has 1 fully saturated rings. The van der Waals surface area contributed by atoms with E-state index in [1.807, 2.05) is 11.0 Å². The molecule has 1 aliphatic rings. The quantitative estimate of drug-likeness (QED) is 0.559. The summed E-state index contributed by atoms with van der Waals surface area (Å²) >= 11 is 6.11. The Balaban J connectivity index is 1.36. The molecule has 0 unspecified atom stereocenters. The van der Waals surface area contributed by atoms with Crippen molar-refractivity contribution in [2.24, 2.45) is 0 Å². The van der Waals surface area contributed by atoms with E-state index in [2.05, 4.69) is 5.32 Å². The van der Waals surface area contributed by atoms with Crippen molar-refractivity contribution in [3.63, 3.8) is 0 Å². The summed E-state index contributed by atoms with van der Waals surface area (Å²) in [5.74, 6) is 0.435. The Kier molecular flexibility index (Phi) is 6.91. The van der Waals surface area contributed by atoms with Crippen LogP contribution in [0.15, 0.2) is 65.1 Å². The predicted octanol–water partition coefficient (Wildman–Crippen LogP) is 3.87. The van der Waals surface area contributed by atoms with E-state index < -0.39 is 0 Å². The molecule has 2 heterocycles. The number of carbonyl (C=O) groups is 3. The zero-order valence-corrected chi connectivity index (χ0v) is 19.0. The van der Waals surface area contributed by atoms with E-state index in [1.54, 1.807) is 66.4 Å². The first-order valence-electron chi connectivity index (χ1n) is 10.7. The van der Waals surface area contributed by atoms with Crippen molar-refractivity contribution in [1.82, 2.24) is 9.80 Å². The van der Waals surface area contributed by atoms with Gasteiger partial charge in [0.05, 0.1) is 12.2 Å². The summed E-state index contributed by atoms with van der Waals surface area (Å²) in [6, 6.07) is 17.1. The van der Waals surface area contributed by atoms with Crippen molar-refractivity contribution in [3.05, 3.63) is 88.3 Å². The van der Waals surface area contributed by atoms with Gasteiger partial charge in [-0.15, -0.1) is 0 Å². The van der Waals surface area contributed by atoms with E-state index in [0.717, 1.165) is 0 Å². The molecule has 0 atom stereocenters. The molecule has 2 amide bonds. The third-order valence-electron chi connectivity index (χ3n) is 5.51. The molecule has 1 saturated heterocycles. The number of furan rings is 1. The number of rotatable bonds is 6. The minimum absolute atomic E-state index is 0.141. The Morgan fingerprint density at radius 3 is 2.36 bits per heavy atom. The first kappa shape index (κ1) is 22.8. The van der Waals surface area contributed by atoms with Gasteiger partial charge >= 0.3 is 0 Å². The van der Waals surface area contributed by atoms with E-state index in [-0.39, 0.29) is 24.1 Å². The second-order valence-electron chi connectivity index (χ2n) is 7.91. The highest BCUT2D eigenvalue weighted by Crippen LogP contribution is 2.24. The summed E-state index contributed by atoms with van der Waals surface area (Å²) in [7, 11) is 0. The molecular weight excluding hydrogens is 442 g/mol. The smallest absolute Gasteiger partial charge is 0.289 e. The largest absolute Gasteiger partial charge is 0.456 e. The third-order valence-corrected chi connectivity index (χ3v) is 5.75. The molecule has 3 aromatic rings. The number of benzene rings is 2. The number of piperazine rings is 1. The Bertz CT molecular complexity index is 1170. The summed E-state index contributed by atoms with van der Waals surface area (Å²) in [5.41, 5.74) is 1.27. The van der Waals surface area contributed by atoms with E-state index in [4.69, 9.17) is 16.0 Å². The fourth-order valence-electron chi connectivity index (χ4n) is 3.77. The van der Waals surface area contributed by atoms with Gasteiger partial charge < -0.3 is 14.6 Å². The molecule has 0 aliphatic carbocycles. The molecule has 1 aromatic heterocycles. The molecule has 4 rings (SSSR count). The highest BCUT2D eigenvalue weighted by molar-refractivity contribution is 6.31. The number of anilines is 1. The van der Waals surface area contributed by atoms with Crippen molar-refractivity contribution < 1.29 is 18.8 Å². The van der Waals surface area contributed by atoms with E-state index in [9.17, 15) is 14.4 Å². The number of nitrogens with one attached hydrogen (secondary N) is 1. The SMILES string of the molecule is Cc1ccc(C(=O)N2CCN(CC(=O)Nc3ccc(Cl)cc3C(=O)c3ccccc3)CC2)o1. The lowest BCUT2D eigenvalue weighted by molar-refractivity contribution is -0.117. The van der Waals surface area contributed by atoms with Crippen LogP contribution in [0.5, 0.6) is 0 Å². The van der Waals surface area contributed by atoms with Crippen molar-refractivity contribution in [3.8, 4) is 0 Å². The molecule has 0 saturated carbocycles. The van der Waals surface area contributed by atoms with Crippen LogP contribution in [0.4, 0.5) is 5.69 Å². The number of hydrogen-bond acceptors (Lipinski definition) is 5. The van der Waals surface area contributed by atoms with E-state index in [1.165, 1.54) is 0 Å². The highest BCUT2D eigenvalue weighted by atomic mass is 35.5. The minimum Gasteiger partial charge on any atom is -0.456 e. The molecule has 7 nitrogen and oxygen atoms in total. The first-order chi connectivity index (χ1) is 15.9. The number of halogens is 1. The van der Waals surface area contributed by atoms with Gasteiger partial charge in [0.15, 0.2) is 11.5 Å². The number of amides is 2. The van der Waals surface area contributed by atoms with Gasteiger partial charge in [0.1, 0.15) is 5.76 Å². The Labute approximate surface area is 196 Å². The topological polar surface area (TPSA) is 82.9 Å². The second kappa shape index (κ2) is 10.0. The van der Waals surface area contributed by atoms with Gasteiger partial charge in [-0.2, -0.15) is 0 Å². The van der Waals surface area contributed by atoms with Gasteiger partial charge in [-0.3, -0.25) is 19.3 Å². The number of hydrogen-bond donors (Lipinski definition) is 1. The normalized spacial score (nSPS) is 14.2. The summed E-state index contributed by atoms with van der Waals surface area (Å²) in [6.45, 7) is 4.09. The molecule has 0 radical (unpaired) electrons. The van der Waals surface area contributed by atoms with Crippen LogP contribution in [-0.2, 0) is 4.79 Å². The van der Waals surface area contributed by atoms with Crippen LogP contribution < -0.4 is 5.32 Å². The Morgan fingerprint density at radius 1 is 0.970 bits per heavy atom. The van der Waals surface area contributed by atoms with Gasteiger partial charge in [0.25, 0.3) is 5.91 Å². The monoisotopic (exact) mass is 465 g/mol. The predicted molar refractivity (Wildman–Crippen MR) is 126 cm³/mol. The molecule has 8 heteroatoms. The zero-order chi connectivity index (χ0) is 23.4. The standard InChI is InChI=1S/C25H24ClN3O4/c1-17-7-10-22(33-17)25(32)29-13-11-28(12-14-29)16-23(30)27-21-9-8-19(26)15-20(21)24(31)18-5-3-2-4-6-18/h2-10,15H,11-14,16H2,1H3,(H,27,30). The van der Waals surface area contributed by atoms with Crippen molar-refractivity contribution in [2.75, 3.05) is 38.0 Å².